The van der Waals surface area contributed by atoms with Gasteiger partial charge in [0.25, 0.3) is 0 Å². The van der Waals surface area contributed by atoms with Crippen LogP contribution >= 0.6 is 11.8 Å². The van der Waals surface area contributed by atoms with Crippen LogP contribution in [0.25, 0.3) is 0 Å². The van der Waals surface area contributed by atoms with Crippen LogP contribution in [0.5, 0.6) is 0 Å². The van der Waals surface area contributed by atoms with Gasteiger partial charge in [-0.15, -0.1) is 0 Å². The van der Waals surface area contributed by atoms with Gasteiger partial charge >= 0.3 is 0 Å². The van der Waals surface area contributed by atoms with Gasteiger partial charge in [-0.05, 0) is 18.7 Å². The van der Waals surface area contributed by atoms with Crippen molar-refractivity contribution in [3.63, 3.8) is 0 Å². The SMILES string of the molecule is Cc1ccc(C(=O)CSC#N)cc1. The fraction of sp³-hybridized carbons (Fsp3) is 0.200. The smallest absolute Gasteiger partial charge is 0.173 e. The van der Waals surface area contributed by atoms with Crippen LogP contribution in [0, 0.1) is 17.6 Å². The molecule has 0 saturated carbocycles. The van der Waals surface area contributed by atoms with Crippen molar-refractivity contribution in [2.75, 3.05) is 5.75 Å². The van der Waals surface area contributed by atoms with Gasteiger partial charge in [-0.3, -0.25) is 4.79 Å². The molecule has 0 aliphatic heterocycles. The molecule has 0 saturated heterocycles. The number of carbonyl (C=O) groups excluding carboxylic acids is 1. The highest BCUT2D eigenvalue weighted by molar-refractivity contribution is 8.04. The van der Waals surface area contributed by atoms with Crippen LogP contribution in [-0.2, 0) is 0 Å². The normalized spacial score (nSPS) is 9.23. The molecule has 0 bridgehead atoms. The first kappa shape index (κ1) is 9.82. The number of carbonyl (C=O) groups is 1. The molecule has 1 rings (SSSR count). The summed E-state index contributed by atoms with van der Waals surface area (Å²) in [6.07, 6.45) is 0. The highest BCUT2D eigenvalue weighted by Gasteiger charge is 2.04. The standard InChI is InChI=1S/C10H9NOS/c1-8-2-4-9(5-3-8)10(12)6-13-7-11/h2-5H,6H2,1H3. The maximum atomic E-state index is 11.3. The molecule has 0 atom stereocenters. The van der Waals surface area contributed by atoms with Gasteiger partial charge < -0.3 is 0 Å². The molecule has 13 heavy (non-hydrogen) atoms. The third-order valence-corrected chi connectivity index (χ3v) is 2.18. The summed E-state index contributed by atoms with van der Waals surface area (Å²) < 4.78 is 0. The molecule has 66 valence electrons. The average molecular weight is 191 g/mol. The van der Waals surface area contributed by atoms with Crippen molar-refractivity contribution in [1.82, 2.24) is 0 Å². The number of thiocyanates is 1. The first-order valence-corrected chi connectivity index (χ1v) is 4.83. The Morgan fingerprint density at radius 1 is 1.46 bits per heavy atom. The summed E-state index contributed by atoms with van der Waals surface area (Å²) in [5, 5.41) is 10.1. The van der Waals surface area contributed by atoms with E-state index < -0.39 is 0 Å². The van der Waals surface area contributed by atoms with Gasteiger partial charge in [0.2, 0.25) is 0 Å². The van der Waals surface area contributed by atoms with Crippen molar-refractivity contribution < 1.29 is 4.79 Å². The molecule has 3 heteroatoms. The lowest BCUT2D eigenvalue weighted by Gasteiger charge is -1.97. The molecular weight excluding hydrogens is 182 g/mol. The minimum atomic E-state index is 0.00606. The van der Waals surface area contributed by atoms with Gasteiger partial charge in [-0.25, -0.2) is 0 Å². The lowest BCUT2D eigenvalue weighted by Crippen LogP contribution is -2.01. The zero-order chi connectivity index (χ0) is 9.68. The highest BCUT2D eigenvalue weighted by Crippen LogP contribution is 2.07. The first-order valence-electron chi connectivity index (χ1n) is 3.85. The van der Waals surface area contributed by atoms with Gasteiger partial charge in [0.15, 0.2) is 5.78 Å². The number of rotatable bonds is 3. The molecule has 0 aromatic heterocycles. The van der Waals surface area contributed by atoms with Gasteiger partial charge in [0, 0.05) is 5.56 Å². The molecular formula is C10H9NOS. The second kappa shape index (κ2) is 4.68. The topological polar surface area (TPSA) is 40.9 Å². The molecule has 2 nitrogen and oxygen atoms in total. The highest BCUT2D eigenvalue weighted by atomic mass is 32.2. The zero-order valence-corrected chi connectivity index (χ0v) is 8.10. The van der Waals surface area contributed by atoms with Crippen LogP contribution in [0.4, 0.5) is 0 Å². The van der Waals surface area contributed by atoms with Crippen molar-refractivity contribution in [1.29, 1.82) is 5.26 Å². The second-order valence-electron chi connectivity index (χ2n) is 2.67. The number of hydrogen-bond donors (Lipinski definition) is 0. The van der Waals surface area contributed by atoms with Crippen molar-refractivity contribution >= 4 is 17.5 Å². The molecule has 1 aromatic rings. The van der Waals surface area contributed by atoms with E-state index in [0.717, 1.165) is 17.3 Å². The minimum absolute atomic E-state index is 0.00606. The van der Waals surface area contributed by atoms with E-state index in [1.54, 1.807) is 12.1 Å². The van der Waals surface area contributed by atoms with E-state index in [1.807, 2.05) is 24.5 Å². The van der Waals surface area contributed by atoms with Gasteiger partial charge in [-0.2, -0.15) is 5.26 Å². The Morgan fingerprint density at radius 2 is 2.08 bits per heavy atom. The first-order chi connectivity index (χ1) is 6.24. The van der Waals surface area contributed by atoms with E-state index in [1.165, 1.54) is 0 Å². The van der Waals surface area contributed by atoms with E-state index in [-0.39, 0.29) is 11.5 Å². The summed E-state index contributed by atoms with van der Waals surface area (Å²) in [5.41, 5.74) is 1.80. The van der Waals surface area contributed by atoms with E-state index in [0.29, 0.717) is 5.56 Å². The Hall–Kier alpha value is -1.27. The van der Waals surface area contributed by atoms with E-state index in [4.69, 9.17) is 5.26 Å². The van der Waals surface area contributed by atoms with Crippen LogP contribution in [0.2, 0.25) is 0 Å². The Labute approximate surface area is 81.6 Å². The maximum Gasteiger partial charge on any atom is 0.173 e. The van der Waals surface area contributed by atoms with Crippen LogP contribution in [-0.4, -0.2) is 11.5 Å². The Balaban J connectivity index is 2.68. The molecule has 0 aliphatic carbocycles. The summed E-state index contributed by atoms with van der Waals surface area (Å²) in [6, 6.07) is 7.36. The number of ketones is 1. The molecule has 0 unspecified atom stereocenters. The van der Waals surface area contributed by atoms with E-state index >= 15 is 0 Å². The van der Waals surface area contributed by atoms with Crippen LogP contribution in [0.15, 0.2) is 24.3 Å². The summed E-state index contributed by atoms with van der Waals surface area (Å²) in [6.45, 7) is 1.97. The molecule has 0 aliphatic rings. The van der Waals surface area contributed by atoms with Crippen molar-refractivity contribution in [2.24, 2.45) is 0 Å². The number of benzene rings is 1. The van der Waals surface area contributed by atoms with Gasteiger partial charge in [-0.1, -0.05) is 29.8 Å². The molecule has 0 fully saturated rings. The van der Waals surface area contributed by atoms with E-state index in [9.17, 15) is 4.79 Å². The van der Waals surface area contributed by atoms with Gasteiger partial charge in [0.05, 0.1) is 5.75 Å². The predicted molar refractivity (Wildman–Crippen MR) is 53.6 cm³/mol. The number of Topliss-reactive ketones (excluding diaryl/α,β-unsaturated/α-hetero) is 1. The lowest BCUT2D eigenvalue weighted by atomic mass is 10.1. The third-order valence-electron chi connectivity index (χ3n) is 1.64. The van der Waals surface area contributed by atoms with Crippen molar-refractivity contribution in [2.45, 2.75) is 6.92 Å². The number of thioether (sulfide) groups is 1. The number of nitrogens with zero attached hydrogens (tertiary/aromatic N) is 1. The Bertz CT molecular complexity index is 337. The fourth-order valence-electron chi connectivity index (χ4n) is 0.921. The number of hydrogen-bond acceptors (Lipinski definition) is 3. The lowest BCUT2D eigenvalue weighted by molar-refractivity contribution is 0.102. The quantitative estimate of drug-likeness (QED) is 0.544. The molecule has 1 aromatic carbocycles. The van der Waals surface area contributed by atoms with E-state index in [2.05, 4.69) is 0 Å². The van der Waals surface area contributed by atoms with Crippen LogP contribution in [0.3, 0.4) is 0 Å². The maximum absolute atomic E-state index is 11.3. The average Bonchev–Trinajstić information content (AvgIpc) is 2.15. The van der Waals surface area contributed by atoms with Crippen molar-refractivity contribution in [3.05, 3.63) is 35.4 Å². The summed E-state index contributed by atoms with van der Waals surface area (Å²) >= 11 is 0.971. The fourth-order valence-corrected chi connectivity index (χ4v) is 1.28. The van der Waals surface area contributed by atoms with Crippen LogP contribution in [0.1, 0.15) is 15.9 Å². The molecule has 0 radical (unpaired) electrons. The molecule has 0 heterocycles. The number of aryl methyl sites for hydroxylation is 1. The summed E-state index contributed by atoms with van der Waals surface area (Å²) in [4.78, 5) is 11.3. The molecule has 0 N–H and O–H groups in total. The Kier molecular flexibility index (Phi) is 3.53. The second-order valence-corrected chi connectivity index (χ2v) is 3.43. The monoisotopic (exact) mass is 191 g/mol. The Morgan fingerprint density at radius 3 is 2.62 bits per heavy atom. The summed E-state index contributed by atoms with van der Waals surface area (Å²) in [5.74, 6) is 0.242. The van der Waals surface area contributed by atoms with Gasteiger partial charge in [0.1, 0.15) is 5.40 Å². The molecule has 0 spiro atoms. The largest absolute Gasteiger partial charge is 0.293 e. The predicted octanol–water partition coefficient (Wildman–Crippen LogP) is 2.39. The molecule has 0 amide bonds. The van der Waals surface area contributed by atoms with Crippen molar-refractivity contribution in [3.8, 4) is 5.40 Å². The van der Waals surface area contributed by atoms with Crippen LogP contribution < -0.4 is 0 Å². The minimum Gasteiger partial charge on any atom is -0.293 e. The third kappa shape index (κ3) is 2.92. The summed E-state index contributed by atoms with van der Waals surface area (Å²) in [7, 11) is 0. The number of nitriles is 1. The zero-order valence-electron chi connectivity index (χ0n) is 7.28.